The van der Waals surface area contributed by atoms with Crippen LogP contribution < -0.4 is 5.32 Å². The summed E-state index contributed by atoms with van der Waals surface area (Å²) in [6, 6.07) is 12.5. The number of pyridine rings is 1. The molecule has 0 amide bonds. The molecule has 3 nitrogen and oxygen atoms in total. The standard InChI is InChI=1S/C16H20N2O/c1-13(19)5-8-18-12-14-3-2-4-16(11-14)15-6-9-17-10-7-15/h2-4,6-7,9-11,13,18-19H,5,8,12H2,1H3. The van der Waals surface area contributed by atoms with E-state index < -0.39 is 0 Å². The maximum Gasteiger partial charge on any atom is 0.0524 e. The van der Waals surface area contributed by atoms with Crippen LogP contribution in [-0.2, 0) is 6.54 Å². The van der Waals surface area contributed by atoms with Gasteiger partial charge < -0.3 is 10.4 Å². The molecule has 0 radical (unpaired) electrons. The Morgan fingerprint density at radius 2 is 1.95 bits per heavy atom. The molecule has 0 spiro atoms. The lowest BCUT2D eigenvalue weighted by atomic mass is 10.0. The van der Waals surface area contributed by atoms with Crippen LogP contribution in [0.1, 0.15) is 18.9 Å². The number of nitrogens with zero attached hydrogens (tertiary/aromatic N) is 1. The summed E-state index contributed by atoms with van der Waals surface area (Å²) in [6.07, 6.45) is 4.16. The highest BCUT2D eigenvalue weighted by Gasteiger charge is 1.99. The molecule has 1 heterocycles. The number of rotatable bonds is 6. The van der Waals surface area contributed by atoms with Crippen LogP contribution in [0.25, 0.3) is 11.1 Å². The quantitative estimate of drug-likeness (QED) is 0.781. The van der Waals surface area contributed by atoms with E-state index in [1.165, 1.54) is 16.7 Å². The van der Waals surface area contributed by atoms with E-state index in [1.54, 1.807) is 0 Å². The van der Waals surface area contributed by atoms with Gasteiger partial charge in [0.25, 0.3) is 0 Å². The van der Waals surface area contributed by atoms with E-state index in [1.807, 2.05) is 31.5 Å². The molecule has 19 heavy (non-hydrogen) atoms. The Labute approximate surface area is 114 Å². The third-order valence-electron chi connectivity index (χ3n) is 3.01. The molecular weight excluding hydrogens is 236 g/mol. The monoisotopic (exact) mass is 256 g/mol. The van der Waals surface area contributed by atoms with Gasteiger partial charge in [-0.3, -0.25) is 4.98 Å². The Kier molecular flexibility index (Phi) is 5.07. The molecule has 1 atom stereocenters. The van der Waals surface area contributed by atoms with Gasteiger partial charge in [0.05, 0.1) is 6.10 Å². The smallest absolute Gasteiger partial charge is 0.0524 e. The second kappa shape index (κ2) is 7.02. The molecule has 0 saturated heterocycles. The summed E-state index contributed by atoms with van der Waals surface area (Å²) in [5, 5.41) is 12.5. The van der Waals surface area contributed by atoms with Crippen molar-refractivity contribution in [3.63, 3.8) is 0 Å². The summed E-state index contributed by atoms with van der Waals surface area (Å²) in [6.45, 7) is 3.47. The van der Waals surface area contributed by atoms with Crippen molar-refractivity contribution in [1.82, 2.24) is 10.3 Å². The van der Waals surface area contributed by atoms with Crippen molar-refractivity contribution >= 4 is 0 Å². The van der Waals surface area contributed by atoms with Crippen LogP contribution in [0.4, 0.5) is 0 Å². The molecule has 1 unspecified atom stereocenters. The SMILES string of the molecule is CC(O)CCNCc1cccc(-c2ccncc2)c1. The summed E-state index contributed by atoms with van der Waals surface area (Å²) >= 11 is 0. The van der Waals surface area contributed by atoms with E-state index in [2.05, 4.69) is 34.6 Å². The second-order valence-electron chi connectivity index (χ2n) is 4.75. The minimum Gasteiger partial charge on any atom is -0.393 e. The molecule has 0 fully saturated rings. The number of benzene rings is 1. The van der Waals surface area contributed by atoms with Crippen molar-refractivity contribution in [2.45, 2.75) is 26.0 Å². The number of hydrogen-bond donors (Lipinski definition) is 2. The zero-order valence-electron chi connectivity index (χ0n) is 11.2. The normalized spacial score (nSPS) is 12.3. The largest absolute Gasteiger partial charge is 0.393 e. The lowest BCUT2D eigenvalue weighted by molar-refractivity contribution is 0.183. The van der Waals surface area contributed by atoms with Crippen LogP contribution in [0.5, 0.6) is 0 Å². The van der Waals surface area contributed by atoms with Crippen LogP contribution in [0.2, 0.25) is 0 Å². The Morgan fingerprint density at radius 1 is 1.16 bits per heavy atom. The van der Waals surface area contributed by atoms with Gasteiger partial charge in [0.2, 0.25) is 0 Å². The molecule has 0 bridgehead atoms. The van der Waals surface area contributed by atoms with Gasteiger partial charge >= 0.3 is 0 Å². The van der Waals surface area contributed by atoms with Crippen molar-refractivity contribution in [2.75, 3.05) is 6.54 Å². The Hall–Kier alpha value is -1.71. The number of nitrogens with one attached hydrogen (secondary N) is 1. The van der Waals surface area contributed by atoms with E-state index in [0.29, 0.717) is 0 Å². The molecule has 1 aromatic heterocycles. The summed E-state index contributed by atoms with van der Waals surface area (Å²) in [7, 11) is 0. The van der Waals surface area contributed by atoms with E-state index >= 15 is 0 Å². The molecule has 0 aliphatic rings. The van der Waals surface area contributed by atoms with Crippen LogP contribution in [0, 0.1) is 0 Å². The fourth-order valence-electron chi connectivity index (χ4n) is 1.95. The number of aliphatic hydroxyl groups is 1. The van der Waals surface area contributed by atoms with E-state index in [9.17, 15) is 5.11 Å². The van der Waals surface area contributed by atoms with Crippen LogP contribution in [0.3, 0.4) is 0 Å². The van der Waals surface area contributed by atoms with Gasteiger partial charge in [0.1, 0.15) is 0 Å². The summed E-state index contributed by atoms with van der Waals surface area (Å²) in [5.74, 6) is 0. The Morgan fingerprint density at radius 3 is 2.68 bits per heavy atom. The topological polar surface area (TPSA) is 45.1 Å². The molecule has 2 rings (SSSR count). The van der Waals surface area contributed by atoms with Gasteiger partial charge in [0.15, 0.2) is 0 Å². The molecule has 2 aromatic rings. The summed E-state index contributed by atoms with van der Waals surface area (Å²) < 4.78 is 0. The maximum absolute atomic E-state index is 9.20. The molecule has 100 valence electrons. The van der Waals surface area contributed by atoms with Crippen LogP contribution in [0.15, 0.2) is 48.8 Å². The Balaban J connectivity index is 1.96. The minimum absolute atomic E-state index is 0.240. The first-order chi connectivity index (χ1) is 9.25. The molecule has 3 heteroatoms. The van der Waals surface area contributed by atoms with Gasteiger partial charge in [-0.05, 0) is 54.8 Å². The number of aromatic nitrogens is 1. The minimum atomic E-state index is -0.240. The number of hydrogen-bond acceptors (Lipinski definition) is 3. The van der Waals surface area contributed by atoms with Crippen molar-refractivity contribution in [3.8, 4) is 11.1 Å². The first-order valence-electron chi connectivity index (χ1n) is 6.64. The third-order valence-corrected chi connectivity index (χ3v) is 3.01. The van der Waals surface area contributed by atoms with Gasteiger partial charge in [-0.15, -0.1) is 0 Å². The zero-order chi connectivity index (χ0) is 13.5. The second-order valence-corrected chi connectivity index (χ2v) is 4.75. The highest BCUT2D eigenvalue weighted by Crippen LogP contribution is 2.19. The Bertz CT molecular complexity index is 497. The van der Waals surface area contributed by atoms with Crippen molar-refractivity contribution in [3.05, 3.63) is 54.4 Å². The zero-order valence-corrected chi connectivity index (χ0v) is 11.2. The van der Waals surface area contributed by atoms with E-state index in [0.717, 1.165) is 19.5 Å². The first kappa shape index (κ1) is 13.7. The molecule has 2 N–H and O–H groups in total. The molecule has 0 aliphatic carbocycles. The van der Waals surface area contributed by atoms with Crippen molar-refractivity contribution < 1.29 is 5.11 Å². The van der Waals surface area contributed by atoms with E-state index in [4.69, 9.17) is 0 Å². The highest BCUT2D eigenvalue weighted by atomic mass is 16.3. The average molecular weight is 256 g/mol. The predicted octanol–water partition coefficient (Wildman–Crippen LogP) is 2.61. The van der Waals surface area contributed by atoms with Crippen LogP contribution >= 0.6 is 0 Å². The van der Waals surface area contributed by atoms with Crippen LogP contribution in [-0.4, -0.2) is 22.7 Å². The summed E-state index contributed by atoms with van der Waals surface area (Å²) in [5.41, 5.74) is 3.64. The lowest BCUT2D eigenvalue weighted by Crippen LogP contribution is -2.18. The molecule has 1 aromatic carbocycles. The predicted molar refractivity (Wildman–Crippen MR) is 77.7 cm³/mol. The van der Waals surface area contributed by atoms with Gasteiger partial charge in [0, 0.05) is 18.9 Å². The highest BCUT2D eigenvalue weighted by molar-refractivity contribution is 5.63. The average Bonchev–Trinajstić information content (AvgIpc) is 2.45. The molecule has 0 aliphatic heterocycles. The number of aliphatic hydroxyl groups excluding tert-OH is 1. The maximum atomic E-state index is 9.20. The first-order valence-corrected chi connectivity index (χ1v) is 6.64. The lowest BCUT2D eigenvalue weighted by Gasteiger charge is -2.08. The van der Waals surface area contributed by atoms with Crippen molar-refractivity contribution in [1.29, 1.82) is 0 Å². The van der Waals surface area contributed by atoms with Gasteiger partial charge in [-0.2, -0.15) is 0 Å². The van der Waals surface area contributed by atoms with Gasteiger partial charge in [-0.1, -0.05) is 18.2 Å². The van der Waals surface area contributed by atoms with Crippen molar-refractivity contribution in [2.24, 2.45) is 0 Å². The molecule has 0 saturated carbocycles. The molecular formula is C16H20N2O. The summed E-state index contributed by atoms with van der Waals surface area (Å²) in [4.78, 5) is 4.03. The van der Waals surface area contributed by atoms with Gasteiger partial charge in [-0.25, -0.2) is 0 Å². The fourth-order valence-corrected chi connectivity index (χ4v) is 1.95. The fraction of sp³-hybridized carbons (Fsp3) is 0.312. The third kappa shape index (κ3) is 4.47. The van der Waals surface area contributed by atoms with E-state index in [-0.39, 0.29) is 6.10 Å².